The molecule has 0 bridgehead atoms. The van der Waals surface area contributed by atoms with E-state index in [9.17, 15) is 18.0 Å². The van der Waals surface area contributed by atoms with E-state index in [-0.39, 0.29) is 12.2 Å². The van der Waals surface area contributed by atoms with Gasteiger partial charge in [0.25, 0.3) is 5.91 Å². The fraction of sp³-hybridized carbons (Fsp3) is 0.130. The zero-order valence-electron chi connectivity index (χ0n) is 17.0. The lowest BCUT2D eigenvalue weighted by molar-refractivity contribution is -0.137. The molecular formula is C23H18F3I2N3O2. The van der Waals surface area contributed by atoms with Crippen molar-refractivity contribution < 1.29 is 22.7 Å². The second kappa shape index (κ2) is 11.7. The van der Waals surface area contributed by atoms with E-state index < -0.39 is 17.6 Å². The molecule has 3 aromatic carbocycles. The minimum Gasteiger partial charge on any atom is -0.487 e. The van der Waals surface area contributed by atoms with Crippen molar-refractivity contribution in [2.24, 2.45) is 5.10 Å². The van der Waals surface area contributed by atoms with E-state index in [0.29, 0.717) is 6.61 Å². The average molecular weight is 679 g/mol. The number of nitrogens with zero attached hydrogens (tertiary/aromatic N) is 1. The molecule has 3 aromatic rings. The third kappa shape index (κ3) is 7.88. The van der Waals surface area contributed by atoms with Crippen LogP contribution < -0.4 is 15.5 Å². The van der Waals surface area contributed by atoms with Crippen LogP contribution in [0.15, 0.2) is 71.8 Å². The molecule has 0 saturated carbocycles. The molecule has 1 amide bonds. The summed E-state index contributed by atoms with van der Waals surface area (Å²) in [6.07, 6.45) is -2.95. The van der Waals surface area contributed by atoms with Gasteiger partial charge >= 0.3 is 6.18 Å². The number of halogens is 5. The van der Waals surface area contributed by atoms with Crippen LogP contribution >= 0.6 is 45.2 Å². The number of carbonyl (C=O) groups excluding carboxylic acids is 1. The molecule has 5 nitrogen and oxygen atoms in total. The average Bonchev–Trinajstić information content (AvgIpc) is 2.77. The Labute approximate surface area is 216 Å². The van der Waals surface area contributed by atoms with E-state index in [2.05, 4.69) is 61.0 Å². The Morgan fingerprint density at radius 1 is 1.00 bits per heavy atom. The monoisotopic (exact) mass is 679 g/mol. The van der Waals surface area contributed by atoms with Crippen LogP contribution in [0.25, 0.3) is 0 Å². The molecule has 33 heavy (non-hydrogen) atoms. The number of benzene rings is 3. The Morgan fingerprint density at radius 2 is 1.70 bits per heavy atom. The summed E-state index contributed by atoms with van der Waals surface area (Å²) >= 11 is 4.36. The number of carbonyl (C=O) groups is 1. The molecule has 0 heterocycles. The Bertz CT molecular complexity index is 1120. The van der Waals surface area contributed by atoms with Crippen molar-refractivity contribution >= 4 is 63.0 Å². The van der Waals surface area contributed by atoms with Gasteiger partial charge in [-0.2, -0.15) is 18.3 Å². The maximum absolute atomic E-state index is 12.8. The summed E-state index contributed by atoms with van der Waals surface area (Å²) in [6, 6.07) is 18.2. The second-order valence-corrected chi connectivity index (χ2v) is 9.14. The number of ether oxygens (including phenoxy) is 1. The smallest absolute Gasteiger partial charge is 0.416 e. The summed E-state index contributed by atoms with van der Waals surface area (Å²) in [7, 11) is 0. The summed E-state index contributed by atoms with van der Waals surface area (Å²) < 4.78 is 46.0. The van der Waals surface area contributed by atoms with Crippen LogP contribution in [0, 0.1) is 7.14 Å². The lowest BCUT2D eigenvalue weighted by Crippen LogP contribution is -2.26. The van der Waals surface area contributed by atoms with Crippen LogP contribution in [0.5, 0.6) is 5.75 Å². The first-order valence-corrected chi connectivity index (χ1v) is 11.8. The zero-order chi connectivity index (χ0) is 23.8. The highest BCUT2D eigenvalue weighted by atomic mass is 127. The van der Waals surface area contributed by atoms with Gasteiger partial charge in [-0.25, -0.2) is 5.43 Å². The second-order valence-electron chi connectivity index (χ2n) is 6.81. The van der Waals surface area contributed by atoms with Gasteiger partial charge in [0.15, 0.2) is 0 Å². The number of nitrogens with one attached hydrogen (secondary N) is 2. The number of hydrogen-bond donors (Lipinski definition) is 2. The molecule has 0 radical (unpaired) electrons. The molecule has 0 aliphatic rings. The van der Waals surface area contributed by atoms with Crippen LogP contribution in [0.4, 0.5) is 18.9 Å². The Kier molecular flexibility index (Phi) is 8.95. The molecule has 0 spiro atoms. The lowest BCUT2D eigenvalue weighted by Gasteiger charge is -2.11. The van der Waals surface area contributed by atoms with Crippen molar-refractivity contribution in [2.75, 3.05) is 11.9 Å². The minimum atomic E-state index is -4.44. The molecule has 3 rings (SSSR count). The maximum Gasteiger partial charge on any atom is 0.416 e. The van der Waals surface area contributed by atoms with E-state index >= 15 is 0 Å². The predicted molar refractivity (Wildman–Crippen MR) is 138 cm³/mol. The van der Waals surface area contributed by atoms with Gasteiger partial charge in [-0.3, -0.25) is 4.79 Å². The molecule has 10 heteroatoms. The van der Waals surface area contributed by atoms with Crippen LogP contribution in [0.3, 0.4) is 0 Å². The fourth-order valence-electron chi connectivity index (χ4n) is 2.73. The van der Waals surface area contributed by atoms with E-state index in [1.54, 1.807) is 0 Å². The van der Waals surface area contributed by atoms with Gasteiger partial charge in [0, 0.05) is 5.69 Å². The summed E-state index contributed by atoms with van der Waals surface area (Å²) in [4.78, 5) is 12.0. The van der Waals surface area contributed by atoms with Crippen LogP contribution in [-0.2, 0) is 17.6 Å². The normalized spacial score (nSPS) is 11.4. The number of hydrazone groups is 1. The topological polar surface area (TPSA) is 62.7 Å². The van der Waals surface area contributed by atoms with Crippen LogP contribution in [0.2, 0.25) is 0 Å². The quantitative estimate of drug-likeness (QED) is 0.173. The number of hydrogen-bond acceptors (Lipinski definition) is 4. The first-order valence-electron chi connectivity index (χ1n) is 9.61. The molecule has 0 saturated heterocycles. The van der Waals surface area contributed by atoms with Gasteiger partial charge in [-0.05, 0) is 86.6 Å². The van der Waals surface area contributed by atoms with Crippen LogP contribution in [0.1, 0.15) is 16.7 Å². The van der Waals surface area contributed by atoms with Crippen molar-refractivity contribution in [2.45, 2.75) is 12.8 Å². The highest BCUT2D eigenvalue weighted by Gasteiger charge is 2.30. The zero-order valence-corrected chi connectivity index (χ0v) is 21.3. The van der Waals surface area contributed by atoms with Gasteiger partial charge in [0.1, 0.15) is 12.4 Å². The molecule has 0 unspecified atom stereocenters. The molecule has 0 atom stereocenters. The van der Waals surface area contributed by atoms with Crippen molar-refractivity contribution in [3.63, 3.8) is 0 Å². The van der Waals surface area contributed by atoms with Gasteiger partial charge in [-0.1, -0.05) is 36.4 Å². The fourth-order valence-corrected chi connectivity index (χ4v) is 4.86. The van der Waals surface area contributed by atoms with Gasteiger partial charge in [0.05, 0.1) is 25.5 Å². The molecule has 0 aliphatic carbocycles. The van der Waals surface area contributed by atoms with Crippen molar-refractivity contribution in [1.82, 2.24) is 5.43 Å². The van der Waals surface area contributed by atoms with Crippen molar-refractivity contribution in [3.8, 4) is 5.75 Å². The summed E-state index contributed by atoms with van der Waals surface area (Å²) in [6.45, 7) is 0.231. The number of rotatable bonds is 8. The van der Waals surface area contributed by atoms with E-state index in [4.69, 9.17) is 4.74 Å². The van der Waals surface area contributed by atoms with Gasteiger partial charge in [-0.15, -0.1) is 0 Å². The van der Waals surface area contributed by atoms with E-state index in [0.717, 1.165) is 36.1 Å². The number of anilines is 1. The van der Waals surface area contributed by atoms with E-state index in [1.165, 1.54) is 18.3 Å². The molecule has 172 valence electrons. The van der Waals surface area contributed by atoms with Crippen molar-refractivity contribution in [3.05, 3.63) is 90.6 Å². The van der Waals surface area contributed by atoms with E-state index in [1.807, 2.05) is 42.5 Å². The predicted octanol–water partition coefficient (Wildman–Crippen LogP) is 6.06. The standard InChI is InChI=1S/C23H18F3I2N3O2/c24-23(25,26)17-7-4-8-18(11-17)29-13-21(32)31-30-12-16-9-19(27)22(20(28)10-16)33-14-15-5-2-1-3-6-15/h1-12,29H,13-14H2,(H,31,32)/b30-12-. The summed E-state index contributed by atoms with van der Waals surface area (Å²) in [5, 5.41) is 6.58. The van der Waals surface area contributed by atoms with Crippen LogP contribution in [-0.4, -0.2) is 18.7 Å². The summed E-state index contributed by atoms with van der Waals surface area (Å²) in [5.74, 6) is 0.280. The first kappa shape index (κ1) is 25.3. The third-order valence-electron chi connectivity index (χ3n) is 4.29. The molecule has 0 fully saturated rings. The molecule has 0 aliphatic heterocycles. The Morgan fingerprint density at radius 3 is 2.36 bits per heavy atom. The SMILES string of the molecule is O=C(CNc1cccc(C(F)(F)F)c1)N/N=C\c1cc(I)c(OCc2ccccc2)c(I)c1. The molecule has 2 N–H and O–H groups in total. The molecular weight excluding hydrogens is 661 g/mol. The Hall–Kier alpha value is -2.35. The number of amides is 1. The third-order valence-corrected chi connectivity index (χ3v) is 5.90. The highest BCUT2D eigenvalue weighted by Crippen LogP contribution is 2.31. The Balaban J connectivity index is 1.53. The summed E-state index contributed by atoms with van der Waals surface area (Å²) in [5.41, 5.74) is 3.60. The largest absolute Gasteiger partial charge is 0.487 e. The van der Waals surface area contributed by atoms with Gasteiger partial charge in [0.2, 0.25) is 0 Å². The van der Waals surface area contributed by atoms with Gasteiger partial charge < -0.3 is 10.1 Å². The first-order chi connectivity index (χ1) is 15.7. The lowest BCUT2D eigenvalue weighted by atomic mass is 10.2. The molecule has 0 aromatic heterocycles. The number of alkyl halides is 3. The maximum atomic E-state index is 12.8. The highest BCUT2D eigenvalue weighted by molar-refractivity contribution is 14.1. The van der Waals surface area contributed by atoms with Crippen molar-refractivity contribution in [1.29, 1.82) is 0 Å². The minimum absolute atomic E-state index is 0.194.